The predicted molar refractivity (Wildman–Crippen MR) is 68.3 cm³/mol. The van der Waals surface area contributed by atoms with E-state index >= 15 is 0 Å². The van der Waals surface area contributed by atoms with Crippen molar-refractivity contribution in [2.45, 2.75) is 45.6 Å². The molecule has 0 aromatic heterocycles. The monoisotopic (exact) mass is 248 g/mol. The lowest BCUT2D eigenvalue weighted by molar-refractivity contribution is -0.0614. The highest BCUT2D eigenvalue weighted by molar-refractivity contribution is 4.67. The van der Waals surface area contributed by atoms with E-state index in [1.807, 2.05) is 13.8 Å². The minimum Gasteiger partial charge on any atom is -0.396 e. The average molecular weight is 248 g/mol. The molecule has 0 aromatic rings. The van der Waals surface area contributed by atoms with E-state index in [4.69, 9.17) is 19.3 Å². The van der Waals surface area contributed by atoms with Crippen molar-refractivity contribution in [1.82, 2.24) is 0 Å². The highest BCUT2D eigenvalue weighted by atomic mass is 16.5. The van der Waals surface area contributed by atoms with Gasteiger partial charge in [0.2, 0.25) is 0 Å². The van der Waals surface area contributed by atoms with Gasteiger partial charge in [0.25, 0.3) is 0 Å². The molecular weight excluding hydrogens is 220 g/mol. The molecule has 0 amide bonds. The number of rotatable bonds is 12. The van der Waals surface area contributed by atoms with Crippen molar-refractivity contribution in [3.05, 3.63) is 0 Å². The molecule has 0 rings (SSSR count). The molecule has 0 aromatic carbocycles. The topological polar surface area (TPSA) is 47.9 Å². The Bertz CT molecular complexity index is 159. The fraction of sp³-hybridized carbons (Fsp3) is 1.00. The van der Waals surface area contributed by atoms with Gasteiger partial charge in [0.05, 0.1) is 32.0 Å². The fourth-order valence-electron chi connectivity index (χ4n) is 1.29. The van der Waals surface area contributed by atoms with E-state index in [-0.39, 0.29) is 12.2 Å². The van der Waals surface area contributed by atoms with Gasteiger partial charge < -0.3 is 19.3 Å². The Morgan fingerprint density at radius 1 is 0.941 bits per heavy atom. The van der Waals surface area contributed by atoms with Crippen LogP contribution in [-0.4, -0.2) is 50.3 Å². The predicted octanol–water partition coefficient (Wildman–Crippen LogP) is 2.00. The molecule has 104 valence electrons. The summed E-state index contributed by atoms with van der Waals surface area (Å²) in [4.78, 5) is 0. The summed E-state index contributed by atoms with van der Waals surface area (Å²) in [7, 11) is 0. The van der Waals surface area contributed by atoms with E-state index in [9.17, 15) is 0 Å². The summed E-state index contributed by atoms with van der Waals surface area (Å²) in [6.07, 6.45) is 2.92. The highest BCUT2D eigenvalue weighted by Gasteiger charge is 2.16. The van der Waals surface area contributed by atoms with E-state index in [1.54, 1.807) is 0 Å². The molecule has 0 aliphatic rings. The van der Waals surface area contributed by atoms with Gasteiger partial charge in [-0.1, -0.05) is 13.3 Å². The van der Waals surface area contributed by atoms with Crippen LogP contribution in [0.4, 0.5) is 0 Å². The molecule has 0 saturated heterocycles. The number of hydrogen-bond donors (Lipinski definition) is 1. The Morgan fingerprint density at radius 3 is 2.12 bits per heavy atom. The first-order valence-corrected chi connectivity index (χ1v) is 6.52. The maximum Gasteiger partial charge on any atom is 0.0707 e. The normalized spacial score (nSPS) is 12.0. The van der Waals surface area contributed by atoms with Crippen molar-refractivity contribution in [1.29, 1.82) is 0 Å². The van der Waals surface area contributed by atoms with Gasteiger partial charge in [0, 0.05) is 13.2 Å². The van der Waals surface area contributed by atoms with Gasteiger partial charge in [0.15, 0.2) is 0 Å². The van der Waals surface area contributed by atoms with Crippen molar-refractivity contribution < 1.29 is 19.3 Å². The van der Waals surface area contributed by atoms with Crippen LogP contribution in [0.5, 0.6) is 0 Å². The molecule has 1 N–H and O–H groups in total. The van der Waals surface area contributed by atoms with Crippen LogP contribution in [0.2, 0.25) is 0 Å². The molecule has 0 aliphatic carbocycles. The Morgan fingerprint density at radius 2 is 1.53 bits per heavy atom. The van der Waals surface area contributed by atoms with Crippen molar-refractivity contribution >= 4 is 0 Å². The molecule has 0 saturated carbocycles. The Kier molecular flexibility index (Phi) is 10.9. The Balaban J connectivity index is 3.18. The van der Waals surface area contributed by atoms with Crippen molar-refractivity contribution in [3.8, 4) is 0 Å². The Labute approximate surface area is 105 Å². The fourth-order valence-corrected chi connectivity index (χ4v) is 1.29. The largest absolute Gasteiger partial charge is 0.396 e. The van der Waals surface area contributed by atoms with Crippen LogP contribution in [0.1, 0.15) is 40.0 Å². The van der Waals surface area contributed by atoms with Gasteiger partial charge in [-0.3, -0.25) is 0 Å². The van der Waals surface area contributed by atoms with Gasteiger partial charge in [0.1, 0.15) is 0 Å². The summed E-state index contributed by atoms with van der Waals surface area (Å²) in [5, 5.41) is 8.82. The molecular formula is C13H28O4. The number of hydrogen-bond acceptors (Lipinski definition) is 4. The van der Waals surface area contributed by atoms with E-state index in [1.165, 1.54) is 0 Å². The van der Waals surface area contributed by atoms with Gasteiger partial charge in [-0.2, -0.15) is 0 Å². The molecule has 0 aliphatic heterocycles. The first kappa shape index (κ1) is 16.8. The Hall–Kier alpha value is -0.160. The second-order valence-electron chi connectivity index (χ2n) is 4.66. The van der Waals surface area contributed by atoms with Gasteiger partial charge in [-0.15, -0.1) is 0 Å². The summed E-state index contributed by atoms with van der Waals surface area (Å²) in [6, 6.07) is 0. The molecule has 4 heteroatoms. The molecule has 0 spiro atoms. The van der Waals surface area contributed by atoms with Crippen LogP contribution in [0, 0.1) is 0 Å². The minimum absolute atomic E-state index is 0.152. The van der Waals surface area contributed by atoms with E-state index < -0.39 is 0 Å². The van der Waals surface area contributed by atoms with Crippen LogP contribution in [0.3, 0.4) is 0 Å². The molecule has 0 heterocycles. The molecule has 4 nitrogen and oxygen atoms in total. The maximum absolute atomic E-state index is 8.82. The molecule has 0 radical (unpaired) electrons. The summed E-state index contributed by atoms with van der Waals surface area (Å²) in [5.74, 6) is 0. The third kappa shape index (κ3) is 12.1. The smallest absolute Gasteiger partial charge is 0.0707 e. The molecule has 0 fully saturated rings. The lowest BCUT2D eigenvalue weighted by Gasteiger charge is -2.24. The minimum atomic E-state index is -0.268. The van der Waals surface area contributed by atoms with Crippen LogP contribution in [0.25, 0.3) is 0 Å². The number of unbranched alkanes of at least 4 members (excludes halogenated alkanes) is 1. The van der Waals surface area contributed by atoms with Gasteiger partial charge >= 0.3 is 0 Å². The zero-order valence-corrected chi connectivity index (χ0v) is 11.5. The zero-order valence-electron chi connectivity index (χ0n) is 11.5. The second kappa shape index (κ2) is 11.0. The average Bonchev–Trinajstić information content (AvgIpc) is 2.27. The molecule has 0 atom stereocenters. The van der Waals surface area contributed by atoms with Gasteiger partial charge in [-0.05, 0) is 26.7 Å². The number of aliphatic hydroxyl groups excluding tert-OH is 1. The van der Waals surface area contributed by atoms with Crippen molar-refractivity contribution in [2.75, 3.05) is 39.6 Å². The maximum atomic E-state index is 8.82. The second-order valence-corrected chi connectivity index (χ2v) is 4.66. The van der Waals surface area contributed by atoms with E-state index in [0.29, 0.717) is 32.8 Å². The van der Waals surface area contributed by atoms with E-state index in [0.717, 1.165) is 19.4 Å². The van der Waals surface area contributed by atoms with E-state index in [2.05, 4.69) is 6.92 Å². The third-order valence-electron chi connectivity index (χ3n) is 2.45. The lowest BCUT2D eigenvalue weighted by atomic mass is 10.1. The third-order valence-corrected chi connectivity index (χ3v) is 2.45. The summed E-state index contributed by atoms with van der Waals surface area (Å²) < 4.78 is 16.3. The van der Waals surface area contributed by atoms with Crippen molar-refractivity contribution in [3.63, 3.8) is 0 Å². The highest BCUT2D eigenvalue weighted by Crippen LogP contribution is 2.12. The summed E-state index contributed by atoms with van der Waals surface area (Å²) in [5.41, 5.74) is -0.268. The zero-order chi connectivity index (χ0) is 13.0. The number of aliphatic hydroxyl groups is 1. The first-order valence-electron chi connectivity index (χ1n) is 6.52. The summed E-state index contributed by atoms with van der Waals surface area (Å²) in [6.45, 7) is 9.46. The van der Waals surface area contributed by atoms with Gasteiger partial charge in [-0.25, -0.2) is 0 Å². The number of ether oxygens (including phenoxy) is 3. The standard InChI is InChI=1S/C13H28O4/c1-4-5-8-15-9-10-16-11-12-17-13(2,3)6-7-14/h14H,4-12H2,1-3H3. The lowest BCUT2D eigenvalue weighted by Crippen LogP contribution is -2.27. The summed E-state index contributed by atoms with van der Waals surface area (Å²) >= 11 is 0. The van der Waals surface area contributed by atoms with Crippen molar-refractivity contribution in [2.24, 2.45) is 0 Å². The quantitative estimate of drug-likeness (QED) is 0.537. The molecule has 0 unspecified atom stereocenters. The molecule has 0 bridgehead atoms. The van der Waals surface area contributed by atoms with Crippen LogP contribution in [-0.2, 0) is 14.2 Å². The SMILES string of the molecule is CCCCOCCOCCOC(C)(C)CCO. The van der Waals surface area contributed by atoms with Crippen LogP contribution < -0.4 is 0 Å². The molecule has 17 heavy (non-hydrogen) atoms. The van der Waals surface area contributed by atoms with Crippen LogP contribution >= 0.6 is 0 Å². The first-order chi connectivity index (χ1) is 8.12. The van der Waals surface area contributed by atoms with Crippen LogP contribution in [0.15, 0.2) is 0 Å².